The number of imidazole rings is 1. The molecule has 172 valence electrons. The van der Waals surface area contributed by atoms with Crippen LogP contribution in [0.15, 0.2) is 36.7 Å². The van der Waals surface area contributed by atoms with E-state index in [0.29, 0.717) is 43.2 Å². The van der Waals surface area contributed by atoms with Crippen LogP contribution in [0.1, 0.15) is 22.5 Å². The number of hydrogen-bond donors (Lipinski definition) is 1. The number of halogens is 3. The van der Waals surface area contributed by atoms with Crippen molar-refractivity contribution in [3.8, 4) is 11.4 Å². The highest BCUT2D eigenvalue weighted by atomic mass is 19.4. The second kappa shape index (κ2) is 8.18. The number of morpholine rings is 1. The Hall–Kier alpha value is -3.40. The molecule has 0 atom stereocenters. The number of nitrogens with one attached hydrogen (secondary N) is 1. The van der Waals surface area contributed by atoms with Crippen LogP contribution in [0.3, 0.4) is 0 Å². The van der Waals surface area contributed by atoms with Crippen molar-refractivity contribution in [3.05, 3.63) is 59.2 Å². The van der Waals surface area contributed by atoms with E-state index in [0.717, 1.165) is 22.4 Å². The van der Waals surface area contributed by atoms with Gasteiger partial charge in [0.15, 0.2) is 5.82 Å². The lowest BCUT2D eigenvalue weighted by Gasteiger charge is -2.29. The van der Waals surface area contributed by atoms with Crippen LogP contribution in [-0.4, -0.2) is 51.0 Å². The maximum Gasteiger partial charge on any atom is 0.449 e. The molecule has 1 aliphatic rings. The summed E-state index contributed by atoms with van der Waals surface area (Å²) in [4.78, 5) is 10.4. The SMILES string of the molecule is Cc1cccc(Cn2c(C(F)(F)F)nc3c(-c4ncn[nH]4)cc(N4CCOCC4)cc32)c1C. The number of ether oxygens (including phenoxy) is 1. The van der Waals surface area contributed by atoms with Gasteiger partial charge in [0.05, 0.1) is 18.7 Å². The quantitative estimate of drug-likeness (QED) is 0.495. The molecule has 1 saturated heterocycles. The molecule has 2 aromatic heterocycles. The van der Waals surface area contributed by atoms with E-state index in [9.17, 15) is 13.2 Å². The Balaban J connectivity index is 1.76. The fourth-order valence-electron chi connectivity index (χ4n) is 4.26. The van der Waals surface area contributed by atoms with Crippen molar-refractivity contribution in [1.29, 1.82) is 0 Å². The third-order valence-electron chi connectivity index (χ3n) is 6.18. The number of benzene rings is 2. The van der Waals surface area contributed by atoms with E-state index in [1.54, 1.807) is 6.07 Å². The van der Waals surface area contributed by atoms with Gasteiger partial charge in [0.2, 0.25) is 5.82 Å². The summed E-state index contributed by atoms with van der Waals surface area (Å²) in [5.41, 5.74) is 4.73. The van der Waals surface area contributed by atoms with Crippen LogP contribution in [0.5, 0.6) is 0 Å². The van der Waals surface area contributed by atoms with Crippen molar-refractivity contribution >= 4 is 16.7 Å². The molecule has 1 N–H and O–H groups in total. The van der Waals surface area contributed by atoms with Crippen LogP contribution in [0.4, 0.5) is 18.9 Å². The van der Waals surface area contributed by atoms with Crippen LogP contribution < -0.4 is 4.90 Å². The van der Waals surface area contributed by atoms with Crippen LogP contribution in [0.25, 0.3) is 22.4 Å². The molecule has 0 bridgehead atoms. The standard InChI is InChI=1S/C23H23F3N6O/c1-14-4-3-5-16(15(14)2)12-32-19-11-17(31-6-8-33-9-7-31)10-18(21-27-13-28-30-21)20(19)29-22(32)23(24,25)26/h3-5,10-11,13H,6-9,12H2,1-2H3,(H,27,28,30). The molecule has 10 heteroatoms. The largest absolute Gasteiger partial charge is 0.449 e. The number of H-pyrrole nitrogens is 1. The van der Waals surface area contributed by atoms with E-state index in [1.165, 1.54) is 10.9 Å². The van der Waals surface area contributed by atoms with Gasteiger partial charge < -0.3 is 14.2 Å². The average Bonchev–Trinajstić information content (AvgIpc) is 3.45. The van der Waals surface area contributed by atoms with Gasteiger partial charge >= 0.3 is 6.18 Å². The van der Waals surface area contributed by atoms with E-state index in [4.69, 9.17) is 4.74 Å². The minimum absolute atomic E-state index is 0.0568. The van der Waals surface area contributed by atoms with Crippen molar-refractivity contribution < 1.29 is 17.9 Å². The summed E-state index contributed by atoms with van der Waals surface area (Å²) in [5.74, 6) is -0.557. The van der Waals surface area contributed by atoms with Crippen LogP contribution >= 0.6 is 0 Å². The number of anilines is 1. The van der Waals surface area contributed by atoms with E-state index in [2.05, 4.69) is 25.1 Å². The minimum Gasteiger partial charge on any atom is -0.378 e. The molecule has 0 radical (unpaired) electrons. The highest BCUT2D eigenvalue weighted by Gasteiger charge is 2.38. The van der Waals surface area contributed by atoms with E-state index in [1.807, 2.05) is 38.1 Å². The summed E-state index contributed by atoms with van der Waals surface area (Å²) in [6.07, 6.45) is -3.28. The zero-order chi connectivity index (χ0) is 23.2. The van der Waals surface area contributed by atoms with Gasteiger partial charge in [-0.15, -0.1) is 0 Å². The molecule has 2 aromatic carbocycles. The first-order chi connectivity index (χ1) is 15.8. The van der Waals surface area contributed by atoms with Gasteiger partial charge in [-0.2, -0.15) is 18.3 Å². The summed E-state index contributed by atoms with van der Waals surface area (Å²) < 4.78 is 49.2. The van der Waals surface area contributed by atoms with Crippen molar-refractivity contribution in [1.82, 2.24) is 24.7 Å². The van der Waals surface area contributed by atoms with Crippen LogP contribution in [-0.2, 0) is 17.5 Å². The molecule has 0 aliphatic carbocycles. The summed E-state index contributed by atoms with van der Waals surface area (Å²) in [6.45, 7) is 6.36. The number of aromatic amines is 1. The number of rotatable bonds is 4. The first kappa shape index (κ1) is 21.4. The Morgan fingerprint density at radius 2 is 1.91 bits per heavy atom. The topological polar surface area (TPSA) is 71.9 Å². The van der Waals surface area contributed by atoms with Gasteiger partial charge in [-0.25, -0.2) is 9.97 Å². The van der Waals surface area contributed by atoms with Gasteiger partial charge in [0, 0.05) is 30.9 Å². The van der Waals surface area contributed by atoms with E-state index >= 15 is 0 Å². The zero-order valence-corrected chi connectivity index (χ0v) is 18.3. The molecule has 5 rings (SSSR count). The Kier molecular flexibility index (Phi) is 5.32. The minimum atomic E-state index is -4.62. The average molecular weight is 456 g/mol. The number of aryl methyl sites for hydroxylation is 1. The Labute approximate surface area is 188 Å². The van der Waals surface area contributed by atoms with E-state index < -0.39 is 12.0 Å². The van der Waals surface area contributed by atoms with Crippen molar-refractivity contribution in [2.45, 2.75) is 26.6 Å². The first-order valence-corrected chi connectivity index (χ1v) is 10.7. The summed E-state index contributed by atoms with van der Waals surface area (Å²) in [5, 5.41) is 6.66. The molecule has 33 heavy (non-hydrogen) atoms. The van der Waals surface area contributed by atoms with Crippen molar-refractivity contribution in [2.24, 2.45) is 0 Å². The first-order valence-electron chi connectivity index (χ1n) is 10.7. The summed E-state index contributed by atoms with van der Waals surface area (Å²) >= 11 is 0. The fourth-order valence-corrected chi connectivity index (χ4v) is 4.26. The number of aromatic nitrogens is 5. The second-order valence-corrected chi connectivity index (χ2v) is 8.17. The molecule has 3 heterocycles. The molecule has 0 unspecified atom stereocenters. The Bertz CT molecular complexity index is 1290. The van der Waals surface area contributed by atoms with Gasteiger partial charge in [-0.05, 0) is 42.7 Å². The summed E-state index contributed by atoms with van der Waals surface area (Å²) in [6, 6.07) is 9.28. The lowest BCUT2D eigenvalue weighted by atomic mass is 10.0. The predicted molar refractivity (Wildman–Crippen MR) is 118 cm³/mol. The van der Waals surface area contributed by atoms with Crippen LogP contribution in [0.2, 0.25) is 0 Å². The molecule has 0 spiro atoms. The predicted octanol–water partition coefficient (Wildman–Crippen LogP) is 4.34. The number of alkyl halides is 3. The molecule has 1 aliphatic heterocycles. The van der Waals surface area contributed by atoms with Crippen molar-refractivity contribution in [3.63, 3.8) is 0 Å². The number of hydrogen-bond acceptors (Lipinski definition) is 5. The third-order valence-corrected chi connectivity index (χ3v) is 6.18. The van der Waals surface area contributed by atoms with Crippen LogP contribution in [0, 0.1) is 13.8 Å². The van der Waals surface area contributed by atoms with Crippen molar-refractivity contribution in [2.75, 3.05) is 31.2 Å². The maximum absolute atomic E-state index is 14.2. The molecular weight excluding hydrogens is 433 g/mol. The molecule has 0 amide bonds. The lowest BCUT2D eigenvalue weighted by Crippen LogP contribution is -2.36. The Morgan fingerprint density at radius 3 is 2.61 bits per heavy atom. The highest BCUT2D eigenvalue weighted by molar-refractivity contribution is 5.94. The smallest absolute Gasteiger partial charge is 0.378 e. The van der Waals surface area contributed by atoms with Gasteiger partial charge in [-0.3, -0.25) is 5.10 Å². The monoisotopic (exact) mass is 456 g/mol. The van der Waals surface area contributed by atoms with Gasteiger partial charge in [0.1, 0.15) is 11.8 Å². The third kappa shape index (κ3) is 3.95. The van der Waals surface area contributed by atoms with Gasteiger partial charge in [0.25, 0.3) is 0 Å². The fraction of sp³-hybridized carbons (Fsp3) is 0.348. The Morgan fingerprint density at radius 1 is 1.12 bits per heavy atom. The molecular formula is C23H23F3N6O. The van der Waals surface area contributed by atoms with Gasteiger partial charge in [-0.1, -0.05) is 18.2 Å². The number of nitrogens with zero attached hydrogens (tertiary/aromatic N) is 5. The summed E-state index contributed by atoms with van der Waals surface area (Å²) in [7, 11) is 0. The number of fused-ring (bicyclic) bond motifs is 1. The molecule has 1 fully saturated rings. The second-order valence-electron chi connectivity index (χ2n) is 8.17. The molecule has 4 aromatic rings. The maximum atomic E-state index is 14.2. The van der Waals surface area contributed by atoms with E-state index in [-0.39, 0.29) is 12.1 Å². The lowest BCUT2D eigenvalue weighted by molar-refractivity contribution is -0.146. The molecule has 7 nitrogen and oxygen atoms in total. The zero-order valence-electron chi connectivity index (χ0n) is 18.3. The highest BCUT2D eigenvalue weighted by Crippen LogP contribution is 2.38. The normalized spacial score (nSPS) is 14.9. The molecule has 0 saturated carbocycles.